The van der Waals surface area contributed by atoms with Crippen LogP contribution >= 0.6 is 0 Å². The molecule has 0 unspecified atom stereocenters. The van der Waals surface area contributed by atoms with Crippen LogP contribution < -0.4 is 15.4 Å². The summed E-state index contributed by atoms with van der Waals surface area (Å²) in [4.78, 5) is 27.0. The number of benzene rings is 1. The van der Waals surface area contributed by atoms with Crippen molar-refractivity contribution in [1.29, 1.82) is 0 Å². The van der Waals surface area contributed by atoms with Gasteiger partial charge in [0.15, 0.2) is 5.75 Å². The Bertz CT molecular complexity index is 760. The van der Waals surface area contributed by atoms with Crippen molar-refractivity contribution in [3.63, 3.8) is 0 Å². The van der Waals surface area contributed by atoms with Crippen LogP contribution in [0.4, 0.5) is 0 Å². The van der Waals surface area contributed by atoms with Gasteiger partial charge >= 0.3 is 0 Å². The first-order valence-corrected chi connectivity index (χ1v) is 8.35. The van der Waals surface area contributed by atoms with Gasteiger partial charge < -0.3 is 20.4 Å². The third-order valence-electron chi connectivity index (χ3n) is 4.07. The van der Waals surface area contributed by atoms with Crippen molar-refractivity contribution in [2.45, 2.75) is 33.8 Å². The zero-order chi connectivity index (χ0) is 18.6. The monoisotopic (exact) mass is 343 g/mol. The molecule has 0 saturated heterocycles. The Kier molecular flexibility index (Phi) is 5.85. The third kappa shape index (κ3) is 4.02. The molecule has 0 saturated carbocycles. The van der Waals surface area contributed by atoms with Crippen LogP contribution in [0, 0.1) is 13.8 Å². The molecule has 6 nitrogen and oxygen atoms in total. The highest BCUT2D eigenvalue weighted by atomic mass is 16.5. The number of aromatic amines is 1. The highest BCUT2D eigenvalue weighted by Crippen LogP contribution is 2.29. The van der Waals surface area contributed by atoms with Crippen molar-refractivity contribution in [1.82, 2.24) is 15.6 Å². The molecule has 0 fully saturated rings. The molecule has 0 aliphatic carbocycles. The number of H-pyrrole nitrogens is 1. The number of carbonyl (C=O) groups excluding carboxylic acids is 2. The third-order valence-corrected chi connectivity index (χ3v) is 4.07. The predicted octanol–water partition coefficient (Wildman–Crippen LogP) is 2.88. The molecule has 2 aromatic rings. The maximum absolute atomic E-state index is 12.1. The number of hydrogen-bond acceptors (Lipinski definition) is 3. The lowest BCUT2D eigenvalue weighted by atomic mass is 9.99. The van der Waals surface area contributed by atoms with Gasteiger partial charge in [0.05, 0.1) is 0 Å². The van der Waals surface area contributed by atoms with Gasteiger partial charge in [0.1, 0.15) is 17.5 Å². The SMILES string of the molecule is CCNC(=O)c1cc(O[C@H](C)c2c(C)cccc2C)c(C(=O)NC)[nH]1. The van der Waals surface area contributed by atoms with Gasteiger partial charge in [-0.25, -0.2) is 0 Å². The van der Waals surface area contributed by atoms with Crippen molar-refractivity contribution < 1.29 is 14.3 Å². The van der Waals surface area contributed by atoms with Gasteiger partial charge in [0.25, 0.3) is 11.8 Å². The van der Waals surface area contributed by atoms with E-state index in [1.807, 2.05) is 45.9 Å². The Morgan fingerprint density at radius 3 is 2.40 bits per heavy atom. The van der Waals surface area contributed by atoms with E-state index in [1.165, 1.54) is 7.05 Å². The van der Waals surface area contributed by atoms with Crippen molar-refractivity contribution in [2.75, 3.05) is 13.6 Å². The second-order valence-electron chi connectivity index (χ2n) is 5.93. The summed E-state index contributed by atoms with van der Waals surface area (Å²) >= 11 is 0. The van der Waals surface area contributed by atoms with Gasteiger partial charge in [-0.05, 0) is 44.4 Å². The fourth-order valence-corrected chi connectivity index (χ4v) is 2.92. The van der Waals surface area contributed by atoms with Crippen LogP contribution in [0.15, 0.2) is 24.3 Å². The summed E-state index contributed by atoms with van der Waals surface area (Å²) in [5.41, 5.74) is 3.85. The molecule has 6 heteroatoms. The minimum Gasteiger partial charge on any atom is -0.484 e. The van der Waals surface area contributed by atoms with Crippen LogP contribution in [0.5, 0.6) is 5.75 Å². The van der Waals surface area contributed by atoms with Gasteiger partial charge in [0.2, 0.25) is 0 Å². The van der Waals surface area contributed by atoms with E-state index in [9.17, 15) is 9.59 Å². The number of ether oxygens (including phenoxy) is 1. The summed E-state index contributed by atoms with van der Waals surface area (Å²) < 4.78 is 6.05. The Balaban J connectivity index is 2.37. The van der Waals surface area contributed by atoms with Crippen LogP contribution in [0.3, 0.4) is 0 Å². The number of aromatic nitrogens is 1. The average molecular weight is 343 g/mol. The number of hydrogen-bond donors (Lipinski definition) is 3. The van der Waals surface area contributed by atoms with Crippen LogP contribution in [0.25, 0.3) is 0 Å². The zero-order valence-electron chi connectivity index (χ0n) is 15.3. The van der Waals surface area contributed by atoms with Crippen molar-refractivity contribution in [2.24, 2.45) is 0 Å². The molecular formula is C19H25N3O3. The first-order valence-electron chi connectivity index (χ1n) is 8.35. The van der Waals surface area contributed by atoms with Crippen LogP contribution in [-0.2, 0) is 0 Å². The van der Waals surface area contributed by atoms with E-state index in [1.54, 1.807) is 6.07 Å². The Labute approximate surface area is 148 Å². The maximum atomic E-state index is 12.1. The van der Waals surface area contributed by atoms with E-state index in [0.717, 1.165) is 16.7 Å². The molecule has 0 bridgehead atoms. The van der Waals surface area contributed by atoms with E-state index >= 15 is 0 Å². The summed E-state index contributed by atoms with van der Waals surface area (Å²) in [5.74, 6) is -0.253. The first kappa shape index (κ1) is 18.6. The lowest BCUT2D eigenvalue weighted by molar-refractivity contribution is 0.0951. The van der Waals surface area contributed by atoms with E-state index < -0.39 is 0 Å². The van der Waals surface area contributed by atoms with Crippen LogP contribution in [0.1, 0.15) is 57.6 Å². The molecule has 1 aromatic carbocycles. The van der Waals surface area contributed by atoms with Gasteiger partial charge in [-0.2, -0.15) is 0 Å². The van der Waals surface area contributed by atoms with Gasteiger partial charge in [0, 0.05) is 19.7 Å². The van der Waals surface area contributed by atoms with Crippen molar-refractivity contribution >= 4 is 11.8 Å². The molecular weight excluding hydrogens is 318 g/mol. The fourth-order valence-electron chi connectivity index (χ4n) is 2.92. The fraction of sp³-hybridized carbons (Fsp3) is 0.368. The Morgan fingerprint density at radius 2 is 1.84 bits per heavy atom. The summed E-state index contributed by atoms with van der Waals surface area (Å²) in [7, 11) is 1.54. The van der Waals surface area contributed by atoms with Crippen LogP contribution in [-0.4, -0.2) is 30.4 Å². The largest absolute Gasteiger partial charge is 0.484 e. The predicted molar refractivity (Wildman–Crippen MR) is 97.1 cm³/mol. The minimum absolute atomic E-state index is 0.238. The summed E-state index contributed by atoms with van der Waals surface area (Å²) in [6.45, 7) is 8.32. The standard InChI is InChI=1S/C19H25N3O3/c1-6-21-18(23)14-10-15(17(22-14)19(24)20-5)25-13(4)16-11(2)8-7-9-12(16)3/h7-10,13,22H,6H2,1-5H3,(H,20,24)(H,21,23)/t13-/m1/s1. The summed E-state index contributed by atoms with van der Waals surface area (Å²) in [6, 6.07) is 7.62. The normalized spacial score (nSPS) is 11.7. The average Bonchev–Trinajstić information content (AvgIpc) is 2.98. The molecule has 134 valence electrons. The molecule has 0 radical (unpaired) electrons. The molecule has 0 aliphatic rings. The lowest BCUT2D eigenvalue weighted by Gasteiger charge is -2.19. The van der Waals surface area contributed by atoms with Gasteiger partial charge in [-0.1, -0.05) is 18.2 Å². The number of carbonyl (C=O) groups is 2. The van der Waals surface area contributed by atoms with E-state index in [2.05, 4.69) is 15.6 Å². The van der Waals surface area contributed by atoms with Crippen molar-refractivity contribution in [3.05, 3.63) is 52.3 Å². The highest BCUT2D eigenvalue weighted by molar-refractivity contribution is 5.99. The van der Waals surface area contributed by atoms with Gasteiger partial charge in [-0.15, -0.1) is 0 Å². The topological polar surface area (TPSA) is 83.2 Å². The second-order valence-corrected chi connectivity index (χ2v) is 5.93. The summed E-state index contributed by atoms with van der Waals surface area (Å²) in [5, 5.41) is 5.26. The maximum Gasteiger partial charge on any atom is 0.271 e. The highest BCUT2D eigenvalue weighted by Gasteiger charge is 2.22. The molecule has 0 aliphatic heterocycles. The molecule has 1 aromatic heterocycles. The molecule has 2 rings (SSSR count). The van der Waals surface area contributed by atoms with E-state index in [0.29, 0.717) is 18.0 Å². The molecule has 3 N–H and O–H groups in total. The lowest BCUT2D eigenvalue weighted by Crippen LogP contribution is -2.23. The van der Waals surface area contributed by atoms with E-state index in [-0.39, 0.29) is 23.6 Å². The molecule has 1 heterocycles. The number of nitrogens with one attached hydrogen (secondary N) is 3. The Morgan fingerprint density at radius 1 is 1.20 bits per heavy atom. The number of amides is 2. The summed E-state index contributed by atoms with van der Waals surface area (Å²) in [6.07, 6.45) is -0.262. The molecule has 0 spiro atoms. The molecule has 2 amide bonds. The van der Waals surface area contributed by atoms with Crippen LogP contribution in [0.2, 0.25) is 0 Å². The second kappa shape index (κ2) is 7.88. The van der Waals surface area contributed by atoms with E-state index in [4.69, 9.17) is 4.74 Å². The first-order chi connectivity index (χ1) is 11.9. The number of aryl methyl sites for hydroxylation is 2. The number of rotatable bonds is 6. The Hall–Kier alpha value is -2.76. The quantitative estimate of drug-likeness (QED) is 0.754. The minimum atomic E-state index is -0.334. The molecule has 25 heavy (non-hydrogen) atoms. The molecule has 1 atom stereocenters. The van der Waals surface area contributed by atoms with Crippen molar-refractivity contribution in [3.8, 4) is 5.75 Å². The smallest absolute Gasteiger partial charge is 0.271 e. The zero-order valence-corrected chi connectivity index (χ0v) is 15.3. The van der Waals surface area contributed by atoms with Gasteiger partial charge in [-0.3, -0.25) is 9.59 Å².